The Kier molecular flexibility index (Phi) is 3.42. The number of carbonyl (C=O) groups excluding carboxylic acids is 2. The normalized spacial score (nSPS) is 21.1. The molecule has 0 saturated carbocycles. The number of benzene rings is 1. The van der Waals surface area contributed by atoms with Crippen molar-refractivity contribution in [3.8, 4) is 0 Å². The van der Waals surface area contributed by atoms with Gasteiger partial charge < -0.3 is 10.2 Å². The zero-order valence-corrected chi connectivity index (χ0v) is 12.9. The molecule has 2 aliphatic heterocycles. The minimum absolute atomic E-state index is 0.0193. The molecule has 1 N–H and O–H groups in total. The molecule has 1 aromatic carbocycles. The molecule has 112 valence electrons. The summed E-state index contributed by atoms with van der Waals surface area (Å²) in [7, 11) is 0. The fraction of sp³-hybridized carbons (Fsp3) is 0.467. The van der Waals surface area contributed by atoms with Gasteiger partial charge in [-0.05, 0) is 38.1 Å². The van der Waals surface area contributed by atoms with Gasteiger partial charge in [-0.3, -0.25) is 14.5 Å². The van der Waals surface area contributed by atoms with E-state index < -0.39 is 5.54 Å². The van der Waals surface area contributed by atoms with E-state index in [0.29, 0.717) is 18.1 Å². The maximum Gasteiger partial charge on any atom is 0.252 e. The van der Waals surface area contributed by atoms with Crippen LogP contribution in [0.5, 0.6) is 0 Å². The highest BCUT2D eigenvalue weighted by Crippen LogP contribution is 2.34. The molecule has 0 unspecified atom stereocenters. The molecule has 2 fully saturated rings. The fourth-order valence-corrected chi connectivity index (χ4v) is 3.09. The summed E-state index contributed by atoms with van der Waals surface area (Å²) in [5.74, 6) is -0.0297. The van der Waals surface area contributed by atoms with Crippen molar-refractivity contribution < 1.29 is 9.59 Å². The molecule has 0 bridgehead atoms. The number of carbonyl (C=O) groups is 2. The highest BCUT2D eigenvalue weighted by atomic mass is 35.5. The molecular formula is C15H18ClN3O2. The Morgan fingerprint density at radius 1 is 1.19 bits per heavy atom. The van der Waals surface area contributed by atoms with Gasteiger partial charge in [0.2, 0.25) is 5.91 Å². The molecule has 2 aliphatic rings. The van der Waals surface area contributed by atoms with Crippen molar-refractivity contribution in [2.24, 2.45) is 0 Å². The first kappa shape index (κ1) is 14.4. The van der Waals surface area contributed by atoms with Gasteiger partial charge in [-0.2, -0.15) is 0 Å². The third kappa shape index (κ3) is 2.12. The molecule has 6 heteroatoms. The fourth-order valence-electron chi connectivity index (χ4n) is 2.96. The lowest BCUT2D eigenvalue weighted by atomic mass is 9.85. The Bertz CT molecular complexity index is 581. The Balaban J connectivity index is 2.02. The maximum atomic E-state index is 12.8. The van der Waals surface area contributed by atoms with Crippen molar-refractivity contribution in [3.05, 3.63) is 29.3 Å². The van der Waals surface area contributed by atoms with E-state index in [1.54, 1.807) is 34.1 Å². The van der Waals surface area contributed by atoms with Gasteiger partial charge in [-0.1, -0.05) is 11.6 Å². The Morgan fingerprint density at radius 2 is 1.81 bits per heavy atom. The van der Waals surface area contributed by atoms with E-state index in [9.17, 15) is 9.59 Å². The molecular weight excluding hydrogens is 290 g/mol. The number of hydrogen-bond donors (Lipinski definition) is 1. The van der Waals surface area contributed by atoms with Crippen LogP contribution in [0.4, 0.5) is 5.69 Å². The summed E-state index contributed by atoms with van der Waals surface area (Å²) in [6, 6.07) is 7.08. The van der Waals surface area contributed by atoms with Gasteiger partial charge in [-0.25, -0.2) is 0 Å². The zero-order chi connectivity index (χ0) is 15.2. The molecule has 21 heavy (non-hydrogen) atoms. The van der Waals surface area contributed by atoms with Crippen LogP contribution in [-0.2, 0) is 9.59 Å². The maximum absolute atomic E-state index is 12.8. The second-order valence-corrected chi connectivity index (χ2v) is 6.30. The molecule has 2 amide bonds. The summed E-state index contributed by atoms with van der Waals surface area (Å²) in [4.78, 5) is 28.8. The topological polar surface area (TPSA) is 52.7 Å². The predicted molar refractivity (Wildman–Crippen MR) is 81.4 cm³/mol. The van der Waals surface area contributed by atoms with Crippen LogP contribution in [0.15, 0.2) is 24.3 Å². The van der Waals surface area contributed by atoms with Gasteiger partial charge in [-0.15, -0.1) is 0 Å². The lowest BCUT2D eigenvalue weighted by molar-refractivity contribution is -0.150. The van der Waals surface area contributed by atoms with Gasteiger partial charge in [0.1, 0.15) is 6.54 Å². The standard InChI is InChI=1S/C15H18ClN3O2/c1-10(2)18-7-13(20)19(12-5-3-11(16)4-6-12)15(14(18)21)8-17-9-15/h3-6,10,17H,7-9H2,1-2H3. The first-order chi connectivity index (χ1) is 9.95. The van der Waals surface area contributed by atoms with Crippen molar-refractivity contribution in [3.63, 3.8) is 0 Å². The average Bonchev–Trinajstić information content (AvgIpc) is 2.39. The van der Waals surface area contributed by atoms with Crippen LogP contribution in [0.1, 0.15) is 13.8 Å². The summed E-state index contributed by atoms with van der Waals surface area (Å²) in [6.07, 6.45) is 0. The van der Waals surface area contributed by atoms with Crippen molar-refractivity contribution in [1.82, 2.24) is 10.2 Å². The Morgan fingerprint density at radius 3 is 2.29 bits per heavy atom. The second-order valence-electron chi connectivity index (χ2n) is 5.87. The van der Waals surface area contributed by atoms with E-state index in [-0.39, 0.29) is 24.4 Å². The van der Waals surface area contributed by atoms with E-state index in [4.69, 9.17) is 11.6 Å². The molecule has 0 atom stereocenters. The van der Waals surface area contributed by atoms with E-state index in [0.717, 1.165) is 5.69 Å². The second kappa shape index (κ2) is 5.00. The van der Waals surface area contributed by atoms with E-state index >= 15 is 0 Å². The molecule has 0 radical (unpaired) electrons. The van der Waals surface area contributed by atoms with Gasteiger partial charge in [0.15, 0.2) is 5.54 Å². The highest BCUT2D eigenvalue weighted by Gasteiger charge is 2.57. The van der Waals surface area contributed by atoms with Crippen LogP contribution < -0.4 is 10.2 Å². The first-order valence-corrected chi connectivity index (χ1v) is 7.44. The van der Waals surface area contributed by atoms with Crippen LogP contribution in [-0.4, -0.2) is 47.9 Å². The first-order valence-electron chi connectivity index (χ1n) is 7.06. The number of nitrogens with one attached hydrogen (secondary N) is 1. The van der Waals surface area contributed by atoms with Gasteiger partial charge >= 0.3 is 0 Å². The molecule has 3 rings (SSSR count). The number of nitrogens with zero attached hydrogens (tertiary/aromatic N) is 2. The summed E-state index contributed by atoms with van der Waals surface area (Å²) in [5, 5.41) is 3.74. The molecule has 1 aromatic rings. The number of anilines is 1. The molecule has 2 saturated heterocycles. The third-order valence-electron chi connectivity index (χ3n) is 4.19. The van der Waals surface area contributed by atoms with E-state index in [2.05, 4.69) is 5.32 Å². The third-order valence-corrected chi connectivity index (χ3v) is 4.44. The lowest BCUT2D eigenvalue weighted by Crippen LogP contribution is -2.81. The quantitative estimate of drug-likeness (QED) is 0.895. The lowest BCUT2D eigenvalue weighted by Gasteiger charge is -2.54. The van der Waals surface area contributed by atoms with Gasteiger partial charge in [0.05, 0.1) is 0 Å². The van der Waals surface area contributed by atoms with Crippen LogP contribution in [0.3, 0.4) is 0 Å². The molecule has 0 aromatic heterocycles. The number of amides is 2. The number of rotatable bonds is 2. The zero-order valence-electron chi connectivity index (χ0n) is 12.1. The van der Waals surface area contributed by atoms with Gasteiger partial charge in [0.25, 0.3) is 5.91 Å². The monoisotopic (exact) mass is 307 g/mol. The number of halogens is 1. The Labute approximate surface area is 128 Å². The van der Waals surface area contributed by atoms with Crippen molar-refractivity contribution in [2.75, 3.05) is 24.5 Å². The van der Waals surface area contributed by atoms with Crippen molar-refractivity contribution >= 4 is 29.1 Å². The summed E-state index contributed by atoms with van der Waals surface area (Å²) < 4.78 is 0. The SMILES string of the molecule is CC(C)N1CC(=O)N(c2ccc(Cl)cc2)C2(CNC2)C1=O. The van der Waals surface area contributed by atoms with E-state index in [1.807, 2.05) is 13.8 Å². The predicted octanol–water partition coefficient (Wildman–Crippen LogP) is 1.27. The van der Waals surface area contributed by atoms with Crippen molar-refractivity contribution in [1.29, 1.82) is 0 Å². The summed E-state index contributed by atoms with van der Waals surface area (Å²) >= 11 is 5.91. The minimum atomic E-state index is -0.784. The van der Waals surface area contributed by atoms with Crippen molar-refractivity contribution in [2.45, 2.75) is 25.4 Å². The minimum Gasteiger partial charge on any atom is -0.329 e. The molecule has 1 spiro atoms. The number of hydrogen-bond acceptors (Lipinski definition) is 3. The summed E-state index contributed by atoms with van der Waals surface area (Å²) in [6.45, 7) is 4.97. The van der Waals surface area contributed by atoms with Crippen LogP contribution in [0, 0.1) is 0 Å². The Hall–Kier alpha value is -1.59. The van der Waals surface area contributed by atoms with Crippen LogP contribution in [0.25, 0.3) is 0 Å². The molecule has 0 aliphatic carbocycles. The largest absolute Gasteiger partial charge is 0.329 e. The number of piperazine rings is 1. The van der Waals surface area contributed by atoms with Gasteiger partial charge in [0, 0.05) is 29.8 Å². The summed E-state index contributed by atoms with van der Waals surface area (Å²) in [5.41, 5.74) is -0.0596. The molecule has 2 heterocycles. The highest BCUT2D eigenvalue weighted by molar-refractivity contribution is 6.30. The smallest absolute Gasteiger partial charge is 0.252 e. The van der Waals surface area contributed by atoms with Crippen LogP contribution >= 0.6 is 11.6 Å². The van der Waals surface area contributed by atoms with E-state index in [1.165, 1.54) is 0 Å². The molecule has 5 nitrogen and oxygen atoms in total. The van der Waals surface area contributed by atoms with Crippen LogP contribution in [0.2, 0.25) is 5.02 Å². The average molecular weight is 308 g/mol.